The lowest BCUT2D eigenvalue weighted by Crippen LogP contribution is -2.31. The van der Waals surface area contributed by atoms with Gasteiger partial charge >= 0.3 is 5.97 Å². The van der Waals surface area contributed by atoms with Crippen LogP contribution in [0.15, 0.2) is 17.2 Å². The summed E-state index contributed by atoms with van der Waals surface area (Å²) in [4.78, 5) is 12.7. The number of H-pyrrole nitrogens is 1. The number of hydrogen-bond acceptors (Lipinski definition) is 4. The Balaban J connectivity index is 2.79. The minimum absolute atomic E-state index is 0.105. The molecule has 17 heavy (non-hydrogen) atoms. The van der Waals surface area contributed by atoms with Crippen molar-refractivity contribution in [1.82, 2.24) is 9.71 Å². The van der Waals surface area contributed by atoms with Crippen molar-refractivity contribution in [1.29, 1.82) is 0 Å². The maximum Gasteiger partial charge on any atom is 0.352 e. The number of aromatic nitrogens is 1. The zero-order valence-electron chi connectivity index (χ0n) is 9.17. The van der Waals surface area contributed by atoms with E-state index in [1.54, 1.807) is 6.92 Å². The monoisotopic (exact) mass is 262 g/mol. The van der Waals surface area contributed by atoms with Gasteiger partial charge in [-0.2, -0.15) is 0 Å². The molecule has 7 nitrogen and oxygen atoms in total. The lowest BCUT2D eigenvalue weighted by molar-refractivity contribution is 0.0691. The van der Waals surface area contributed by atoms with Crippen LogP contribution in [0.25, 0.3) is 0 Å². The van der Waals surface area contributed by atoms with Crippen LogP contribution in [0.1, 0.15) is 23.8 Å². The number of sulfonamides is 1. The number of aromatic carboxylic acids is 1. The molecule has 96 valence electrons. The van der Waals surface area contributed by atoms with Gasteiger partial charge in [0, 0.05) is 12.7 Å². The average Bonchev–Trinajstić information content (AvgIpc) is 2.76. The molecule has 0 saturated carbocycles. The summed E-state index contributed by atoms with van der Waals surface area (Å²) in [6.45, 7) is 1.62. The molecule has 1 unspecified atom stereocenters. The molecule has 4 N–H and O–H groups in total. The van der Waals surface area contributed by atoms with Gasteiger partial charge < -0.3 is 15.2 Å². The minimum atomic E-state index is -3.78. The van der Waals surface area contributed by atoms with E-state index >= 15 is 0 Å². The van der Waals surface area contributed by atoms with E-state index in [2.05, 4.69) is 9.71 Å². The van der Waals surface area contributed by atoms with Gasteiger partial charge in [-0.05, 0) is 12.5 Å². The van der Waals surface area contributed by atoms with E-state index in [1.807, 2.05) is 0 Å². The van der Waals surface area contributed by atoms with Crippen molar-refractivity contribution in [2.24, 2.45) is 0 Å². The molecule has 1 heterocycles. The Labute approximate surface area is 98.5 Å². The Bertz CT molecular complexity index is 493. The van der Waals surface area contributed by atoms with Crippen LogP contribution in [0, 0.1) is 0 Å². The number of hydrogen-bond donors (Lipinski definition) is 4. The van der Waals surface area contributed by atoms with Gasteiger partial charge in [-0.1, -0.05) is 6.92 Å². The summed E-state index contributed by atoms with van der Waals surface area (Å²) in [5.41, 5.74) is -0.207. The second-order valence-corrected chi connectivity index (χ2v) is 5.24. The molecular formula is C9H14N2O5S. The van der Waals surface area contributed by atoms with Crippen LogP contribution in [0.2, 0.25) is 0 Å². The summed E-state index contributed by atoms with van der Waals surface area (Å²) in [6, 6.07) is 1.02. The third kappa shape index (κ3) is 3.55. The second-order valence-electron chi connectivity index (χ2n) is 3.47. The van der Waals surface area contributed by atoms with Gasteiger partial charge in [0.25, 0.3) is 0 Å². The van der Waals surface area contributed by atoms with Crippen molar-refractivity contribution in [3.8, 4) is 0 Å². The van der Waals surface area contributed by atoms with Crippen LogP contribution in [-0.4, -0.2) is 42.2 Å². The van der Waals surface area contributed by atoms with Crippen LogP contribution in [0.3, 0.4) is 0 Å². The maximum atomic E-state index is 11.7. The molecule has 0 aliphatic rings. The number of aromatic amines is 1. The van der Waals surface area contributed by atoms with E-state index in [1.165, 1.54) is 0 Å². The molecule has 0 aromatic carbocycles. The van der Waals surface area contributed by atoms with Crippen molar-refractivity contribution in [3.05, 3.63) is 18.0 Å². The Kier molecular flexibility index (Phi) is 4.27. The van der Waals surface area contributed by atoms with Gasteiger partial charge in [-0.3, -0.25) is 0 Å². The van der Waals surface area contributed by atoms with Gasteiger partial charge in [0.1, 0.15) is 10.6 Å². The summed E-state index contributed by atoms with van der Waals surface area (Å²) in [6.07, 6.45) is 0.753. The topological polar surface area (TPSA) is 119 Å². The summed E-state index contributed by atoms with van der Waals surface area (Å²) >= 11 is 0. The number of carboxylic acids is 1. The fraction of sp³-hybridized carbons (Fsp3) is 0.444. The molecule has 1 aromatic rings. The normalized spacial score (nSPS) is 13.5. The number of carbonyl (C=O) groups is 1. The molecule has 1 atom stereocenters. The first-order valence-corrected chi connectivity index (χ1v) is 6.44. The predicted octanol–water partition coefficient (Wildman–Crippen LogP) is -0.238. The predicted molar refractivity (Wildman–Crippen MR) is 59.2 cm³/mol. The van der Waals surface area contributed by atoms with Gasteiger partial charge in [-0.25, -0.2) is 17.9 Å². The number of rotatable bonds is 6. The third-order valence-corrected chi connectivity index (χ3v) is 3.58. The fourth-order valence-electron chi connectivity index (χ4n) is 1.09. The lowest BCUT2D eigenvalue weighted by atomic mass is 10.3. The Hall–Kier alpha value is -1.38. The molecule has 0 bridgehead atoms. The van der Waals surface area contributed by atoms with Crippen LogP contribution >= 0.6 is 0 Å². The Morgan fingerprint density at radius 1 is 1.59 bits per heavy atom. The molecule has 0 aliphatic heterocycles. The van der Waals surface area contributed by atoms with Crippen molar-refractivity contribution in [3.63, 3.8) is 0 Å². The SMILES string of the molecule is CCC(O)CNS(=O)(=O)c1c[nH]c(C(=O)O)c1. The molecule has 1 aromatic heterocycles. The fourth-order valence-corrected chi connectivity index (χ4v) is 2.15. The van der Waals surface area contributed by atoms with E-state index < -0.39 is 22.1 Å². The van der Waals surface area contributed by atoms with Gasteiger partial charge in [0.15, 0.2) is 0 Å². The van der Waals surface area contributed by atoms with Gasteiger partial charge in [0.05, 0.1) is 6.10 Å². The molecule has 0 amide bonds. The van der Waals surface area contributed by atoms with E-state index in [0.29, 0.717) is 6.42 Å². The largest absolute Gasteiger partial charge is 0.477 e. The highest BCUT2D eigenvalue weighted by molar-refractivity contribution is 7.89. The molecule has 8 heteroatoms. The summed E-state index contributed by atoms with van der Waals surface area (Å²) in [5.74, 6) is -1.24. The van der Waals surface area contributed by atoms with Crippen molar-refractivity contribution in [2.75, 3.05) is 6.54 Å². The number of nitrogens with one attached hydrogen (secondary N) is 2. The van der Waals surface area contributed by atoms with Crippen LogP contribution < -0.4 is 4.72 Å². The molecule has 0 aliphatic carbocycles. The van der Waals surface area contributed by atoms with Crippen molar-refractivity contribution < 1.29 is 23.4 Å². The summed E-state index contributed by atoms with van der Waals surface area (Å²) in [7, 11) is -3.78. The van der Waals surface area contributed by atoms with E-state index in [-0.39, 0.29) is 17.1 Å². The van der Waals surface area contributed by atoms with E-state index in [9.17, 15) is 18.3 Å². The molecule has 0 fully saturated rings. The molecule has 0 radical (unpaired) electrons. The summed E-state index contributed by atoms with van der Waals surface area (Å²) in [5, 5.41) is 17.9. The Morgan fingerprint density at radius 3 is 2.71 bits per heavy atom. The maximum absolute atomic E-state index is 11.7. The zero-order chi connectivity index (χ0) is 13.1. The summed E-state index contributed by atoms with van der Waals surface area (Å²) < 4.78 is 25.5. The van der Waals surface area contributed by atoms with E-state index in [4.69, 9.17) is 5.11 Å². The molecule has 0 spiro atoms. The number of aliphatic hydroxyl groups is 1. The third-order valence-electron chi connectivity index (χ3n) is 2.18. The standard InChI is InChI=1S/C9H14N2O5S/c1-2-6(12)4-11-17(15,16)7-3-8(9(13)14)10-5-7/h3,5-6,10-12H,2,4H2,1H3,(H,13,14). The van der Waals surface area contributed by atoms with Crippen molar-refractivity contribution in [2.45, 2.75) is 24.3 Å². The zero-order valence-corrected chi connectivity index (χ0v) is 9.99. The van der Waals surface area contributed by atoms with Crippen molar-refractivity contribution >= 4 is 16.0 Å². The highest BCUT2D eigenvalue weighted by atomic mass is 32.2. The first-order chi connectivity index (χ1) is 7.86. The molecular weight excluding hydrogens is 248 g/mol. The number of aliphatic hydroxyl groups excluding tert-OH is 1. The minimum Gasteiger partial charge on any atom is -0.477 e. The van der Waals surface area contributed by atoms with Crippen LogP contribution in [-0.2, 0) is 10.0 Å². The highest BCUT2D eigenvalue weighted by Gasteiger charge is 2.18. The molecule has 1 rings (SSSR count). The first-order valence-electron chi connectivity index (χ1n) is 4.96. The molecule has 0 saturated heterocycles. The van der Waals surface area contributed by atoms with Gasteiger partial charge in [-0.15, -0.1) is 0 Å². The average molecular weight is 262 g/mol. The second kappa shape index (κ2) is 5.30. The first kappa shape index (κ1) is 13.7. The Morgan fingerprint density at radius 2 is 2.24 bits per heavy atom. The van der Waals surface area contributed by atoms with E-state index in [0.717, 1.165) is 12.3 Å². The van der Waals surface area contributed by atoms with Crippen LogP contribution in [0.5, 0.6) is 0 Å². The number of carboxylic acid groups (broad SMARTS) is 1. The van der Waals surface area contributed by atoms with Crippen LogP contribution in [0.4, 0.5) is 0 Å². The van der Waals surface area contributed by atoms with Gasteiger partial charge in [0.2, 0.25) is 10.0 Å². The smallest absolute Gasteiger partial charge is 0.352 e. The quantitative estimate of drug-likeness (QED) is 0.564. The highest BCUT2D eigenvalue weighted by Crippen LogP contribution is 2.10. The lowest BCUT2D eigenvalue weighted by Gasteiger charge is -2.08.